The smallest absolute Gasteiger partial charge is 0.0691 e. The molecular weight excluding hydrogens is 148 g/mol. The Bertz CT molecular complexity index is 188. The van der Waals surface area contributed by atoms with Gasteiger partial charge in [0.2, 0.25) is 0 Å². The van der Waals surface area contributed by atoms with Gasteiger partial charge in [-0.25, -0.2) is 0 Å². The topological polar surface area (TPSA) is 49.8 Å². The molecule has 0 spiro atoms. The van der Waals surface area contributed by atoms with Crippen molar-refractivity contribution < 1.29 is 0 Å². The van der Waals surface area contributed by atoms with E-state index in [1.165, 1.54) is 0 Å². The van der Waals surface area contributed by atoms with Crippen molar-refractivity contribution in [1.29, 1.82) is 5.26 Å². The Morgan fingerprint density at radius 3 is 2.10 bits per heavy atom. The maximum atomic E-state index is 8.67. The average Bonchev–Trinajstić information content (AvgIpc) is 2.20. The fourth-order valence-electron chi connectivity index (χ4n) is 2.27. The van der Waals surface area contributed by atoms with Crippen LogP contribution in [0.5, 0.6) is 0 Å². The van der Waals surface area contributed by atoms with Gasteiger partial charge in [-0.05, 0) is 25.7 Å². The maximum Gasteiger partial charge on any atom is 0.0691 e. The van der Waals surface area contributed by atoms with Crippen LogP contribution in [0.3, 0.4) is 0 Å². The molecule has 2 bridgehead atoms. The Hall–Kier alpha value is -0.260. The Morgan fingerprint density at radius 1 is 1.30 bits per heavy atom. The van der Waals surface area contributed by atoms with Crippen molar-refractivity contribution in [1.82, 2.24) is 0 Å². The van der Waals surface area contributed by atoms with Crippen molar-refractivity contribution in [2.24, 2.45) is 11.1 Å². The van der Waals surface area contributed by atoms with Crippen LogP contribution in [0.4, 0.5) is 0 Å². The molecule has 3 rings (SSSR count). The third-order valence-corrected chi connectivity index (χ3v) is 2.72. The van der Waals surface area contributed by atoms with Crippen molar-refractivity contribution in [3.63, 3.8) is 0 Å². The number of nitriles is 1. The van der Waals surface area contributed by atoms with E-state index in [0.717, 1.165) is 25.7 Å². The zero-order valence-corrected chi connectivity index (χ0v) is 6.58. The quantitative estimate of drug-likeness (QED) is 0.576. The highest BCUT2D eigenvalue weighted by Crippen LogP contribution is 2.59. The van der Waals surface area contributed by atoms with E-state index in [0.29, 0.717) is 0 Å². The van der Waals surface area contributed by atoms with Gasteiger partial charge in [0, 0.05) is 5.54 Å². The Kier molecular flexibility index (Phi) is 1.47. The van der Waals surface area contributed by atoms with Crippen LogP contribution >= 0.6 is 12.4 Å². The first kappa shape index (κ1) is 7.84. The number of rotatable bonds is 0. The van der Waals surface area contributed by atoms with Gasteiger partial charge in [-0.3, -0.25) is 0 Å². The van der Waals surface area contributed by atoms with E-state index in [1.807, 2.05) is 0 Å². The summed E-state index contributed by atoms with van der Waals surface area (Å²) >= 11 is 0. The van der Waals surface area contributed by atoms with Gasteiger partial charge in [-0.15, -0.1) is 12.4 Å². The van der Waals surface area contributed by atoms with Gasteiger partial charge in [0.25, 0.3) is 0 Å². The van der Waals surface area contributed by atoms with Crippen LogP contribution in [-0.2, 0) is 0 Å². The number of fused-ring (bicyclic) bond motifs is 1. The molecule has 3 heteroatoms. The lowest BCUT2D eigenvalue weighted by atomic mass is 9.67. The molecule has 3 fully saturated rings. The van der Waals surface area contributed by atoms with Crippen LogP contribution < -0.4 is 5.73 Å². The highest BCUT2D eigenvalue weighted by atomic mass is 35.5. The van der Waals surface area contributed by atoms with Crippen molar-refractivity contribution in [2.45, 2.75) is 31.2 Å². The molecule has 0 amide bonds. The SMILES string of the molecule is Cl.N#CC12CCC(N)(C1)C2. The lowest BCUT2D eigenvalue weighted by molar-refractivity contribution is 0.178. The molecule has 0 saturated heterocycles. The number of halogens is 1. The summed E-state index contributed by atoms with van der Waals surface area (Å²) in [5.41, 5.74) is 5.96. The predicted molar refractivity (Wildman–Crippen MR) is 40.7 cm³/mol. The molecule has 0 aromatic heterocycles. The van der Waals surface area contributed by atoms with Gasteiger partial charge >= 0.3 is 0 Å². The van der Waals surface area contributed by atoms with Crippen molar-refractivity contribution in [3.05, 3.63) is 0 Å². The average molecular weight is 159 g/mol. The van der Waals surface area contributed by atoms with E-state index in [2.05, 4.69) is 6.07 Å². The van der Waals surface area contributed by atoms with Crippen LogP contribution in [-0.4, -0.2) is 5.54 Å². The van der Waals surface area contributed by atoms with E-state index >= 15 is 0 Å². The van der Waals surface area contributed by atoms with Crippen LogP contribution in [0.25, 0.3) is 0 Å². The van der Waals surface area contributed by atoms with E-state index in [4.69, 9.17) is 11.0 Å². The molecule has 0 atom stereocenters. The third-order valence-electron chi connectivity index (χ3n) is 2.72. The Labute approximate surface area is 66.8 Å². The second-order valence-electron chi connectivity index (χ2n) is 3.61. The third kappa shape index (κ3) is 0.744. The van der Waals surface area contributed by atoms with E-state index < -0.39 is 0 Å². The highest BCUT2D eigenvalue weighted by Gasteiger charge is 2.59. The van der Waals surface area contributed by atoms with Gasteiger partial charge < -0.3 is 5.73 Å². The highest BCUT2D eigenvalue weighted by molar-refractivity contribution is 5.85. The molecule has 3 aliphatic carbocycles. The number of hydrogen-bond donors (Lipinski definition) is 1. The molecule has 0 aliphatic heterocycles. The predicted octanol–water partition coefficient (Wildman–Crippen LogP) is 1.20. The largest absolute Gasteiger partial charge is 0.325 e. The summed E-state index contributed by atoms with van der Waals surface area (Å²) in [5, 5.41) is 8.67. The fourth-order valence-corrected chi connectivity index (χ4v) is 2.27. The van der Waals surface area contributed by atoms with Crippen molar-refractivity contribution in [3.8, 4) is 6.07 Å². The van der Waals surface area contributed by atoms with Gasteiger partial charge in [0.15, 0.2) is 0 Å². The molecule has 0 aromatic rings. The first-order valence-corrected chi connectivity index (χ1v) is 3.38. The van der Waals surface area contributed by atoms with Gasteiger partial charge in [-0.1, -0.05) is 0 Å². The van der Waals surface area contributed by atoms with E-state index in [9.17, 15) is 0 Å². The summed E-state index contributed by atoms with van der Waals surface area (Å²) in [5.74, 6) is 0. The summed E-state index contributed by atoms with van der Waals surface area (Å²) in [4.78, 5) is 0. The summed E-state index contributed by atoms with van der Waals surface area (Å²) in [6.45, 7) is 0. The second-order valence-corrected chi connectivity index (χ2v) is 3.61. The number of nitrogens with zero attached hydrogens (tertiary/aromatic N) is 1. The van der Waals surface area contributed by atoms with Crippen LogP contribution in [0.1, 0.15) is 25.7 Å². The molecule has 0 unspecified atom stereocenters. The second kappa shape index (κ2) is 1.87. The lowest BCUT2D eigenvalue weighted by Gasteiger charge is -2.40. The molecule has 0 radical (unpaired) electrons. The minimum absolute atomic E-state index is 0. The minimum atomic E-state index is 0. The zero-order chi connectivity index (χ0) is 6.54. The lowest BCUT2D eigenvalue weighted by Crippen LogP contribution is -2.49. The summed E-state index contributed by atoms with van der Waals surface area (Å²) < 4.78 is 0. The summed E-state index contributed by atoms with van der Waals surface area (Å²) in [7, 11) is 0. The van der Waals surface area contributed by atoms with Crippen LogP contribution in [0, 0.1) is 16.7 Å². The zero-order valence-electron chi connectivity index (χ0n) is 5.76. The molecule has 2 N–H and O–H groups in total. The van der Waals surface area contributed by atoms with Crippen molar-refractivity contribution >= 4 is 12.4 Å². The number of nitrogens with two attached hydrogens (primary N) is 1. The molecule has 0 aromatic carbocycles. The standard InChI is InChI=1S/C7H10N2.ClH/c8-5-6-1-2-7(9,3-6)4-6;/h1-4,9H2;1H. The minimum Gasteiger partial charge on any atom is -0.325 e. The monoisotopic (exact) mass is 158 g/mol. The first-order chi connectivity index (χ1) is 4.18. The van der Waals surface area contributed by atoms with Gasteiger partial charge in [0.05, 0.1) is 11.5 Å². The molecule has 10 heavy (non-hydrogen) atoms. The van der Waals surface area contributed by atoms with Crippen LogP contribution in [0.15, 0.2) is 0 Å². The maximum absolute atomic E-state index is 8.67. The first-order valence-electron chi connectivity index (χ1n) is 3.38. The molecular formula is C7H11ClN2. The normalized spacial score (nSPS) is 48.8. The summed E-state index contributed by atoms with van der Waals surface area (Å²) in [6, 6.07) is 2.35. The Morgan fingerprint density at radius 2 is 1.90 bits per heavy atom. The summed E-state index contributed by atoms with van der Waals surface area (Å²) in [6.07, 6.45) is 4.02. The van der Waals surface area contributed by atoms with E-state index in [1.54, 1.807) is 0 Å². The molecule has 2 nitrogen and oxygen atoms in total. The number of hydrogen-bond acceptors (Lipinski definition) is 2. The molecule has 3 aliphatic rings. The van der Waals surface area contributed by atoms with Crippen LogP contribution in [0.2, 0.25) is 0 Å². The molecule has 3 saturated carbocycles. The van der Waals surface area contributed by atoms with Crippen molar-refractivity contribution in [2.75, 3.05) is 0 Å². The van der Waals surface area contributed by atoms with Gasteiger partial charge in [-0.2, -0.15) is 5.26 Å². The van der Waals surface area contributed by atoms with E-state index in [-0.39, 0.29) is 23.4 Å². The Balaban J connectivity index is 0.000000500. The fraction of sp³-hybridized carbons (Fsp3) is 0.857. The van der Waals surface area contributed by atoms with Gasteiger partial charge in [0.1, 0.15) is 0 Å². The molecule has 56 valence electrons. The molecule has 0 heterocycles.